The highest BCUT2D eigenvalue weighted by atomic mass is 16.3. The zero-order valence-corrected chi connectivity index (χ0v) is 13.8. The average Bonchev–Trinajstić information content (AvgIpc) is 2.56. The van der Waals surface area contributed by atoms with E-state index in [0.717, 1.165) is 44.7 Å². The molecule has 1 aliphatic carbocycles. The van der Waals surface area contributed by atoms with Crippen molar-refractivity contribution < 1.29 is 5.11 Å². The van der Waals surface area contributed by atoms with E-state index in [1.807, 2.05) is 25.2 Å². The van der Waals surface area contributed by atoms with Gasteiger partial charge in [-0.3, -0.25) is 4.90 Å². The molecule has 122 valence electrons. The lowest BCUT2D eigenvalue weighted by molar-refractivity contribution is 0.00853. The molecule has 1 aromatic heterocycles. The van der Waals surface area contributed by atoms with E-state index in [4.69, 9.17) is 4.98 Å². The zero-order chi connectivity index (χ0) is 15.5. The van der Waals surface area contributed by atoms with Gasteiger partial charge in [-0.2, -0.15) is 0 Å². The molecule has 2 fully saturated rings. The molecule has 0 bridgehead atoms. The number of rotatable bonds is 3. The van der Waals surface area contributed by atoms with Crippen LogP contribution in [-0.2, 0) is 0 Å². The maximum atomic E-state index is 10.2. The van der Waals surface area contributed by atoms with Gasteiger partial charge in [-0.1, -0.05) is 12.8 Å². The van der Waals surface area contributed by atoms with Gasteiger partial charge in [0.05, 0.1) is 6.10 Å². The van der Waals surface area contributed by atoms with E-state index in [9.17, 15) is 5.11 Å². The van der Waals surface area contributed by atoms with Crippen LogP contribution in [0, 0.1) is 0 Å². The average molecular weight is 304 g/mol. The number of aliphatic hydroxyl groups is 1. The van der Waals surface area contributed by atoms with Crippen molar-refractivity contribution in [3.8, 4) is 0 Å². The van der Waals surface area contributed by atoms with Gasteiger partial charge in [-0.25, -0.2) is 9.97 Å². The molecule has 2 heterocycles. The lowest BCUT2D eigenvalue weighted by atomic mass is 9.87. The van der Waals surface area contributed by atoms with Crippen molar-refractivity contribution in [1.29, 1.82) is 0 Å². The van der Waals surface area contributed by atoms with E-state index in [0.29, 0.717) is 12.0 Å². The van der Waals surface area contributed by atoms with Crippen LogP contribution in [0.1, 0.15) is 50.1 Å². The van der Waals surface area contributed by atoms with Crippen LogP contribution in [0.5, 0.6) is 0 Å². The first-order chi connectivity index (χ1) is 10.6. The molecule has 3 rings (SSSR count). The minimum atomic E-state index is -0.121. The number of anilines is 1. The summed E-state index contributed by atoms with van der Waals surface area (Å²) in [7, 11) is 3.96. The van der Waals surface area contributed by atoms with Gasteiger partial charge < -0.3 is 10.0 Å². The van der Waals surface area contributed by atoms with Gasteiger partial charge in [-0.05, 0) is 44.8 Å². The van der Waals surface area contributed by atoms with E-state index in [2.05, 4.69) is 16.0 Å². The monoisotopic (exact) mass is 304 g/mol. The Morgan fingerprint density at radius 3 is 2.55 bits per heavy atom. The summed E-state index contributed by atoms with van der Waals surface area (Å²) >= 11 is 0. The molecule has 2 aliphatic rings. The first-order valence-corrected chi connectivity index (χ1v) is 8.57. The predicted molar refractivity (Wildman–Crippen MR) is 88.2 cm³/mol. The first-order valence-electron chi connectivity index (χ1n) is 8.57. The Morgan fingerprint density at radius 1 is 1.14 bits per heavy atom. The number of aromatic nitrogens is 2. The van der Waals surface area contributed by atoms with Crippen LogP contribution in [0.15, 0.2) is 12.3 Å². The fraction of sp³-hybridized carbons (Fsp3) is 0.765. The second kappa shape index (κ2) is 6.92. The Morgan fingerprint density at radius 2 is 1.86 bits per heavy atom. The highest BCUT2D eigenvalue weighted by Gasteiger charge is 2.32. The minimum absolute atomic E-state index is 0.121. The summed E-state index contributed by atoms with van der Waals surface area (Å²) in [6, 6.07) is 2.44. The quantitative estimate of drug-likeness (QED) is 0.926. The molecular weight excluding hydrogens is 276 g/mol. The van der Waals surface area contributed by atoms with E-state index in [1.54, 1.807) is 0 Å². The Kier molecular flexibility index (Phi) is 4.93. The Labute approximate surface area is 133 Å². The van der Waals surface area contributed by atoms with Crippen molar-refractivity contribution in [3.63, 3.8) is 0 Å². The molecule has 1 aromatic rings. The molecule has 0 radical (unpaired) electrons. The molecule has 2 atom stereocenters. The Bertz CT molecular complexity index is 485. The first kappa shape index (κ1) is 15.7. The molecule has 0 aromatic carbocycles. The van der Waals surface area contributed by atoms with E-state index in [1.165, 1.54) is 18.5 Å². The van der Waals surface area contributed by atoms with Gasteiger partial charge in [0.25, 0.3) is 0 Å². The van der Waals surface area contributed by atoms with Crippen molar-refractivity contribution >= 4 is 5.95 Å². The largest absolute Gasteiger partial charge is 0.391 e. The highest BCUT2D eigenvalue weighted by molar-refractivity contribution is 5.28. The number of nitrogens with zero attached hydrogens (tertiary/aromatic N) is 4. The summed E-state index contributed by atoms with van der Waals surface area (Å²) in [4.78, 5) is 13.5. The molecule has 1 saturated heterocycles. The van der Waals surface area contributed by atoms with Crippen LogP contribution >= 0.6 is 0 Å². The number of piperidine rings is 1. The summed E-state index contributed by atoms with van der Waals surface area (Å²) < 4.78 is 0. The lowest BCUT2D eigenvalue weighted by Gasteiger charge is -2.41. The smallest absolute Gasteiger partial charge is 0.224 e. The van der Waals surface area contributed by atoms with Crippen LogP contribution in [0.2, 0.25) is 0 Å². The molecule has 1 N–H and O–H groups in total. The number of aliphatic hydroxyl groups excluding tert-OH is 1. The molecule has 1 saturated carbocycles. The van der Waals surface area contributed by atoms with Gasteiger partial charge in [0, 0.05) is 37.9 Å². The van der Waals surface area contributed by atoms with Crippen molar-refractivity contribution in [2.75, 3.05) is 32.1 Å². The van der Waals surface area contributed by atoms with Crippen LogP contribution in [-0.4, -0.2) is 59.3 Å². The number of hydrogen-bond donors (Lipinski definition) is 1. The highest BCUT2D eigenvalue weighted by Crippen LogP contribution is 2.31. The van der Waals surface area contributed by atoms with Gasteiger partial charge in [0.1, 0.15) is 0 Å². The lowest BCUT2D eigenvalue weighted by Crippen LogP contribution is -2.48. The third-order valence-corrected chi connectivity index (χ3v) is 5.18. The fourth-order valence-corrected chi connectivity index (χ4v) is 3.85. The summed E-state index contributed by atoms with van der Waals surface area (Å²) in [5.41, 5.74) is 1.17. The van der Waals surface area contributed by atoms with Crippen molar-refractivity contribution in [2.45, 2.75) is 56.6 Å². The van der Waals surface area contributed by atoms with Crippen LogP contribution in [0.25, 0.3) is 0 Å². The van der Waals surface area contributed by atoms with Gasteiger partial charge in [0.2, 0.25) is 5.95 Å². The normalized spacial score (nSPS) is 27.8. The molecule has 0 spiro atoms. The molecule has 2 unspecified atom stereocenters. The van der Waals surface area contributed by atoms with E-state index in [-0.39, 0.29) is 6.10 Å². The summed E-state index contributed by atoms with van der Waals surface area (Å²) in [6.07, 6.45) is 8.59. The van der Waals surface area contributed by atoms with Crippen LogP contribution < -0.4 is 4.90 Å². The van der Waals surface area contributed by atoms with Crippen LogP contribution in [0.3, 0.4) is 0 Å². The summed E-state index contributed by atoms with van der Waals surface area (Å²) in [5, 5.41) is 10.2. The van der Waals surface area contributed by atoms with Crippen molar-refractivity contribution in [3.05, 3.63) is 18.0 Å². The second-order valence-electron chi connectivity index (χ2n) is 6.91. The molecule has 22 heavy (non-hydrogen) atoms. The van der Waals surface area contributed by atoms with Gasteiger partial charge in [0.15, 0.2) is 0 Å². The predicted octanol–water partition coefficient (Wildman–Crippen LogP) is 2.03. The second-order valence-corrected chi connectivity index (χ2v) is 6.91. The maximum Gasteiger partial charge on any atom is 0.224 e. The molecule has 0 amide bonds. The fourth-order valence-electron chi connectivity index (χ4n) is 3.85. The SMILES string of the molecule is CN(C)c1nccc(C2CCN(C3CCCCC3O)CC2)n1. The van der Waals surface area contributed by atoms with Gasteiger partial charge in [-0.15, -0.1) is 0 Å². The molecule has 1 aliphatic heterocycles. The van der Waals surface area contributed by atoms with Crippen molar-refractivity contribution in [1.82, 2.24) is 14.9 Å². The van der Waals surface area contributed by atoms with E-state index >= 15 is 0 Å². The summed E-state index contributed by atoms with van der Waals surface area (Å²) in [5.74, 6) is 1.32. The molecule has 5 nitrogen and oxygen atoms in total. The molecule has 5 heteroatoms. The molecular formula is C17H28N4O. The number of hydrogen-bond acceptors (Lipinski definition) is 5. The third kappa shape index (κ3) is 3.41. The van der Waals surface area contributed by atoms with Crippen molar-refractivity contribution in [2.24, 2.45) is 0 Å². The maximum absolute atomic E-state index is 10.2. The number of likely N-dealkylation sites (tertiary alicyclic amines) is 1. The van der Waals surface area contributed by atoms with Crippen LogP contribution in [0.4, 0.5) is 5.95 Å². The Hall–Kier alpha value is -1.20. The Balaban J connectivity index is 1.60. The van der Waals surface area contributed by atoms with E-state index < -0.39 is 0 Å². The summed E-state index contributed by atoms with van der Waals surface area (Å²) in [6.45, 7) is 2.15. The zero-order valence-electron chi connectivity index (χ0n) is 13.8. The third-order valence-electron chi connectivity index (χ3n) is 5.18. The topological polar surface area (TPSA) is 52.5 Å². The van der Waals surface area contributed by atoms with Gasteiger partial charge >= 0.3 is 0 Å². The minimum Gasteiger partial charge on any atom is -0.391 e. The standard InChI is InChI=1S/C17H28N4O/c1-20(2)17-18-10-7-14(19-17)13-8-11-21(12-9-13)15-5-3-4-6-16(15)22/h7,10,13,15-16,22H,3-6,8-9,11-12H2,1-2H3.